The standard InChI is InChI=1S/C33H23F2N3O3/c34-27-11-9-21(10-12-27)25-14-28-19-36-31(17-26-13-23-3-1-2-4-24(23)15-29(26)35)38(28)30(16-25)32(39)37-18-20-5-7-22(8-6-20)33(40)41/h1-16,19H,17-18H2,(H,37,39)(H,40,41). The second-order valence-corrected chi connectivity index (χ2v) is 9.72. The van der Waals surface area contributed by atoms with Crippen molar-refractivity contribution in [3.8, 4) is 11.1 Å². The Morgan fingerprint density at radius 1 is 0.829 bits per heavy atom. The van der Waals surface area contributed by atoms with Crippen molar-refractivity contribution in [1.82, 2.24) is 14.7 Å². The van der Waals surface area contributed by atoms with Crippen LogP contribution in [0.5, 0.6) is 0 Å². The number of fused-ring (bicyclic) bond motifs is 2. The van der Waals surface area contributed by atoms with Crippen molar-refractivity contribution in [2.75, 3.05) is 0 Å². The Balaban J connectivity index is 1.39. The molecule has 6 nitrogen and oxygen atoms in total. The third-order valence-electron chi connectivity index (χ3n) is 7.03. The van der Waals surface area contributed by atoms with Gasteiger partial charge in [-0.25, -0.2) is 18.6 Å². The van der Waals surface area contributed by atoms with Crippen molar-refractivity contribution in [2.45, 2.75) is 13.0 Å². The number of rotatable bonds is 7. The van der Waals surface area contributed by atoms with Crippen LogP contribution in [0, 0.1) is 11.6 Å². The molecule has 0 fully saturated rings. The highest BCUT2D eigenvalue weighted by Crippen LogP contribution is 2.27. The van der Waals surface area contributed by atoms with Crippen LogP contribution < -0.4 is 5.32 Å². The van der Waals surface area contributed by atoms with Gasteiger partial charge in [0.2, 0.25) is 0 Å². The molecule has 0 aliphatic carbocycles. The highest BCUT2D eigenvalue weighted by molar-refractivity contribution is 5.95. The molecule has 0 saturated heterocycles. The average molecular weight is 548 g/mol. The summed E-state index contributed by atoms with van der Waals surface area (Å²) >= 11 is 0. The maximum Gasteiger partial charge on any atom is 0.335 e. The van der Waals surface area contributed by atoms with E-state index in [1.807, 2.05) is 30.3 Å². The summed E-state index contributed by atoms with van der Waals surface area (Å²) in [6.07, 6.45) is 1.78. The van der Waals surface area contributed by atoms with Gasteiger partial charge >= 0.3 is 5.97 Å². The summed E-state index contributed by atoms with van der Waals surface area (Å²) in [6, 6.07) is 26.5. The molecule has 0 saturated carbocycles. The Morgan fingerprint density at radius 2 is 1.54 bits per heavy atom. The number of halogens is 2. The van der Waals surface area contributed by atoms with Gasteiger partial charge in [-0.05, 0) is 81.6 Å². The molecule has 0 aliphatic rings. The molecule has 1 amide bonds. The number of hydrogen-bond acceptors (Lipinski definition) is 3. The molecule has 8 heteroatoms. The Hall–Kier alpha value is -5.37. The highest BCUT2D eigenvalue weighted by atomic mass is 19.1. The van der Waals surface area contributed by atoms with E-state index >= 15 is 4.39 Å². The van der Waals surface area contributed by atoms with Crippen LogP contribution in [-0.2, 0) is 13.0 Å². The van der Waals surface area contributed by atoms with Gasteiger partial charge in [0, 0.05) is 13.0 Å². The Labute approximate surface area is 233 Å². The van der Waals surface area contributed by atoms with E-state index in [1.165, 1.54) is 30.3 Å². The van der Waals surface area contributed by atoms with E-state index in [-0.39, 0.29) is 35.9 Å². The molecule has 0 aliphatic heterocycles. The fourth-order valence-electron chi connectivity index (χ4n) is 4.90. The summed E-state index contributed by atoms with van der Waals surface area (Å²) in [5.41, 5.74) is 3.63. The van der Waals surface area contributed by atoms with E-state index in [0.717, 1.165) is 21.9 Å². The zero-order valence-corrected chi connectivity index (χ0v) is 21.6. The van der Waals surface area contributed by atoms with Crippen LogP contribution in [0.3, 0.4) is 0 Å². The van der Waals surface area contributed by atoms with Gasteiger partial charge in [-0.2, -0.15) is 0 Å². The van der Waals surface area contributed by atoms with Crippen LogP contribution in [-0.4, -0.2) is 26.4 Å². The normalized spacial score (nSPS) is 11.2. The molecule has 2 aromatic heterocycles. The van der Waals surface area contributed by atoms with E-state index in [4.69, 9.17) is 5.11 Å². The van der Waals surface area contributed by atoms with Gasteiger partial charge in [0.15, 0.2) is 0 Å². The highest BCUT2D eigenvalue weighted by Gasteiger charge is 2.18. The van der Waals surface area contributed by atoms with E-state index in [2.05, 4.69) is 10.3 Å². The zero-order chi connectivity index (χ0) is 28.5. The van der Waals surface area contributed by atoms with Crippen LogP contribution in [0.15, 0.2) is 103 Å². The first-order valence-corrected chi connectivity index (χ1v) is 12.9. The number of aromatic carboxylic acids is 1. The van der Waals surface area contributed by atoms with Crippen molar-refractivity contribution in [1.29, 1.82) is 0 Å². The van der Waals surface area contributed by atoms with E-state index in [0.29, 0.717) is 22.5 Å². The summed E-state index contributed by atoms with van der Waals surface area (Å²) in [5, 5.41) is 13.7. The average Bonchev–Trinajstić information content (AvgIpc) is 3.39. The number of imidazole rings is 1. The number of benzene rings is 4. The van der Waals surface area contributed by atoms with Gasteiger partial charge in [-0.15, -0.1) is 0 Å². The number of carboxylic acid groups (broad SMARTS) is 1. The molecule has 0 unspecified atom stereocenters. The molecule has 6 rings (SSSR count). The Bertz CT molecular complexity index is 1930. The first-order chi connectivity index (χ1) is 19.9. The number of pyridine rings is 1. The lowest BCUT2D eigenvalue weighted by atomic mass is 10.0. The lowest BCUT2D eigenvalue weighted by molar-refractivity contribution is 0.0696. The topological polar surface area (TPSA) is 83.7 Å². The van der Waals surface area contributed by atoms with Gasteiger partial charge in [-0.3, -0.25) is 9.20 Å². The van der Waals surface area contributed by atoms with Crippen LogP contribution >= 0.6 is 0 Å². The number of carbonyl (C=O) groups excluding carboxylic acids is 1. The maximum absolute atomic E-state index is 15.1. The van der Waals surface area contributed by atoms with Gasteiger partial charge in [-0.1, -0.05) is 48.5 Å². The van der Waals surface area contributed by atoms with Crippen LogP contribution in [0.2, 0.25) is 0 Å². The number of carbonyl (C=O) groups is 2. The predicted octanol–water partition coefficient (Wildman–Crippen LogP) is 6.65. The fourth-order valence-corrected chi connectivity index (χ4v) is 4.90. The largest absolute Gasteiger partial charge is 0.478 e. The molecule has 4 aromatic carbocycles. The lowest BCUT2D eigenvalue weighted by Gasteiger charge is -2.13. The van der Waals surface area contributed by atoms with Gasteiger partial charge in [0.25, 0.3) is 5.91 Å². The zero-order valence-electron chi connectivity index (χ0n) is 21.6. The van der Waals surface area contributed by atoms with Gasteiger partial charge < -0.3 is 10.4 Å². The Morgan fingerprint density at radius 3 is 2.24 bits per heavy atom. The van der Waals surface area contributed by atoms with Crippen LogP contribution in [0.1, 0.15) is 37.8 Å². The monoisotopic (exact) mass is 547 g/mol. The number of nitrogens with zero attached hydrogens (tertiary/aromatic N) is 2. The van der Waals surface area contributed by atoms with Crippen molar-refractivity contribution < 1.29 is 23.5 Å². The maximum atomic E-state index is 15.1. The minimum atomic E-state index is -1.03. The molecule has 0 bridgehead atoms. The second kappa shape index (κ2) is 10.7. The molecule has 2 heterocycles. The summed E-state index contributed by atoms with van der Waals surface area (Å²) in [5.74, 6) is -1.68. The van der Waals surface area contributed by atoms with Crippen LogP contribution in [0.25, 0.3) is 27.4 Å². The summed E-state index contributed by atoms with van der Waals surface area (Å²) in [7, 11) is 0. The van der Waals surface area contributed by atoms with Crippen molar-refractivity contribution >= 4 is 28.2 Å². The van der Waals surface area contributed by atoms with Crippen LogP contribution in [0.4, 0.5) is 8.78 Å². The van der Waals surface area contributed by atoms with E-state index < -0.39 is 11.9 Å². The minimum Gasteiger partial charge on any atom is -0.478 e. The van der Waals surface area contributed by atoms with Crippen molar-refractivity contribution in [3.63, 3.8) is 0 Å². The third-order valence-corrected chi connectivity index (χ3v) is 7.03. The van der Waals surface area contributed by atoms with Crippen molar-refractivity contribution in [2.24, 2.45) is 0 Å². The summed E-state index contributed by atoms with van der Waals surface area (Å²) < 4.78 is 30.4. The molecule has 0 spiro atoms. The van der Waals surface area contributed by atoms with Crippen molar-refractivity contribution in [3.05, 3.63) is 143 Å². The van der Waals surface area contributed by atoms with Gasteiger partial charge in [0.1, 0.15) is 23.2 Å². The van der Waals surface area contributed by atoms with E-state index in [1.54, 1.807) is 47.0 Å². The molecule has 6 aromatic rings. The molecular formula is C33H23F2N3O3. The minimum absolute atomic E-state index is 0.150. The molecule has 41 heavy (non-hydrogen) atoms. The molecule has 0 radical (unpaired) electrons. The first kappa shape index (κ1) is 25.9. The molecule has 2 N–H and O–H groups in total. The predicted molar refractivity (Wildman–Crippen MR) is 152 cm³/mol. The Kier molecular flexibility index (Phi) is 6.73. The SMILES string of the molecule is O=C(O)c1ccc(CNC(=O)c2cc(-c3ccc(F)cc3)cc3cnc(Cc4cc5ccccc5cc4F)n23)cc1. The first-order valence-electron chi connectivity index (χ1n) is 12.9. The summed E-state index contributed by atoms with van der Waals surface area (Å²) in [6.45, 7) is 0.157. The molecule has 202 valence electrons. The quantitative estimate of drug-likeness (QED) is 0.234. The number of hydrogen-bond donors (Lipinski definition) is 2. The summed E-state index contributed by atoms with van der Waals surface area (Å²) in [4.78, 5) is 29.3. The smallest absolute Gasteiger partial charge is 0.335 e. The fraction of sp³-hybridized carbons (Fsp3) is 0.0606. The lowest BCUT2D eigenvalue weighted by Crippen LogP contribution is -2.25. The number of carboxylic acids is 1. The number of nitrogens with one attached hydrogen (secondary N) is 1. The second-order valence-electron chi connectivity index (χ2n) is 9.72. The number of amides is 1. The number of aromatic nitrogens is 2. The molecule has 0 atom stereocenters. The molecular weight excluding hydrogens is 524 g/mol. The third kappa shape index (κ3) is 5.27. The van der Waals surface area contributed by atoms with Gasteiger partial charge in [0.05, 0.1) is 17.3 Å². The van der Waals surface area contributed by atoms with E-state index in [9.17, 15) is 14.0 Å².